The monoisotopic (exact) mass is 366 g/mol. The first-order valence-corrected chi connectivity index (χ1v) is 10.8. The van der Waals surface area contributed by atoms with Crippen molar-refractivity contribution in [3.8, 4) is 0 Å². The lowest BCUT2D eigenvalue weighted by Crippen LogP contribution is -2.50. The Morgan fingerprint density at radius 1 is 1.20 bits per heavy atom. The Hall–Kier alpha value is -1.40. The first kappa shape index (κ1) is 19.9. The maximum atomic E-state index is 12.8. The molecule has 140 valence electrons. The van der Waals surface area contributed by atoms with Gasteiger partial charge in [-0.05, 0) is 64.8 Å². The topological polar surface area (TPSA) is 57.7 Å². The molecule has 3 unspecified atom stereocenters. The minimum atomic E-state index is -3.19. The Kier molecular flexibility index (Phi) is 6.27. The fraction of sp³-hybridized carbons (Fsp3) is 0.632. The third-order valence-corrected chi connectivity index (χ3v) is 6.45. The van der Waals surface area contributed by atoms with Crippen LogP contribution in [-0.2, 0) is 14.6 Å². The molecule has 0 spiro atoms. The van der Waals surface area contributed by atoms with Crippen LogP contribution in [0.25, 0.3) is 0 Å². The summed E-state index contributed by atoms with van der Waals surface area (Å²) in [5.74, 6) is 0.168. The van der Waals surface area contributed by atoms with E-state index in [4.69, 9.17) is 0 Å². The molecule has 1 saturated heterocycles. The molecule has 1 aliphatic heterocycles. The molecule has 0 radical (unpaired) electrons. The van der Waals surface area contributed by atoms with Crippen molar-refractivity contribution >= 4 is 15.7 Å². The summed E-state index contributed by atoms with van der Waals surface area (Å²) in [6, 6.07) is 7.55. The summed E-state index contributed by atoms with van der Waals surface area (Å²) in [6.45, 7) is 6.65. The predicted octanol–water partition coefficient (Wildman–Crippen LogP) is 2.87. The Morgan fingerprint density at radius 2 is 1.72 bits per heavy atom. The van der Waals surface area contributed by atoms with Gasteiger partial charge in [0.15, 0.2) is 9.84 Å². The van der Waals surface area contributed by atoms with Crippen molar-refractivity contribution in [1.29, 1.82) is 0 Å². The number of likely N-dealkylation sites (N-methyl/N-ethyl adjacent to an activating group) is 1. The molecule has 25 heavy (non-hydrogen) atoms. The van der Waals surface area contributed by atoms with Crippen LogP contribution in [0.2, 0.25) is 0 Å². The van der Waals surface area contributed by atoms with Crippen LogP contribution in [0, 0.1) is 0 Å². The van der Waals surface area contributed by atoms with Crippen LogP contribution >= 0.6 is 0 Å². The second kappa shape index (κ2) is 7.87. The van der Waals surface area contributed by atoms with Crippen molar-refractivity contribution < 1.29 is 13.2 Å². The molecule has 1 aliphatic rings. The minimum absolute atomic E-state index is 0.0352. The van der Waals surface area contributed by atoms with E-state index in [0.29, 0.717) is 23.5 Å². The molecular formula is C19H30N2O3S. The van der Waals surface area contributed by atoms with Gasteiger partial charge in [-0.25, -0.2) is 8.42 Å². The normalized spacial score (nSPS) is 22.9. The average molecular weight is 367 g/mol. The summed E-state index contributed by atoms with van der Waals surface area (Å²) in [5.41, 5.74) is 1.00. The van der Waals surface area contributed by atoms with E-state index in [9.17, 15) is 13.2 Å². The van der Waals surface area contributed by atoms with Crippen LogP contribution in [0.4, 0.5) is 0 Å². The average Bonchev–Trinajstić information content (AvgIpc) is 2.53. The van der Waals surface area contributed by atoms with Crippen LogP contribution < -0.4 is 0 Å². The van der Waals surface area contributed by atoms with Gasteiger partial charge in [0.2, 0.25) is 5.91 Å². The quantitative estimate of drug-likeness (QED) is 0.804. The van der Waals surface area contributed by atoms with Crippen molar-refractivity contribution in [2.75, 3.05) is 19.8 Å². The molecule has 2 rings (SSSR count). The van der Waals surface area contributed by atoms with E-state index < -0.39 is 9.84 Å². The molecular weight excluding hydrogens is 336 g/mol. The SMILES string of the molecule is CC(c1ccc(S(C)(=O)=O)cc1)N(C)CC(=O)N1C(C)CCCC1C. The molecule has 1 fully saturated rings. The van der Waals surface area contributed by atoms with Gasteiger partial charge in [0.05, 0.1) is 11.4 Å². The molecule has 1 amide bonds. The van der Waals surface area contributed by atoms with Crippen LogP contribution in [-0.4, -0.2) is 56.1 Å². The summed E-state index contributed by atoms with van der Waals surface area (Å²) in [7, 11) is -1.25. The highest BCUT2D eigenvalue weighted by Crippen LogP contribution is 2.24. The smallest absolute Gasteiger partial charge is 0.237 e. The van der Waals surface area contributed by atoms with E-state index >= 15 is 0 Å². The minimum Gasteiger partial charge on any atom is -0.336 e. The lowest BCUT2D eigenvalue weighted by molar-refractivity contribution is -0.138. The third-order valence-electron chi connectivity index (χ3n) is 5.32. The zero-order valence-corrected chi connectivity index (χ0v) is 16.7. The fourth-order valence-electron chi connectivity index (χ4n) is 3.59. The highest BCUT2D eigenvalue weighted by molar-refractivity contribution is 7.90. The molecule has 1 aromatic rings. The maximum absolute atomic E-state index is 12.8. The molecule has 1 aromatic carbocycles. The molecule has 1 heterocycles. The van der Waals surface area contributed by atoms with E-state index in [1.807, 2.05) is 35.9 Å². The van der Waals surface area contributed by atoms with Gasteiger partial charge in [0, 0.05) is 24.4 Å². The molecule has 5 nitrogen and oxygen atoms in total. The first-order valence-electron chi connectivity index (χ1n) is 8.92. The van der Waals surface area contributed by atoms with Crippen LogP contribution in [0.5, 0.6) is 0 Å². The van der Waals surface area contributed by atoms with Gasteiger partial charge in [-0.2, -0.15) is 0 Å². The number of likely N-dealkylation sites (tertiary alicyclic amines) is 1. The van der Waals surface area contributed by atoms with Crippen molar-refractivity contribution in [1.82, 2.24) is 9.80 Å². The number of carbonyl (C=O) groups is 1. The molecule has 0 aromatic heterocycles. The number of benzene rings is 1. The summed E-state index contributed by atoms with van der Waals surface area (Å²) in [4.78, 5) is 17.1. The van der Waals surface area contributed by atoms with Crippen molar-refractivity contribution in [2.45, 2.75) is 63.1 Å². The summed E-state index contributed by atoms with van der Waals surface area (Å²) >= 11 is 0. The lowest BCUT2D eigenvalue weighted by atomic mass is 9.97. The number of rotatable bonds is 5. The van der Waals surface area contributed by atoms with Gasteiger partial charge in [0.25, 0.3) is 0 Å². The number of nitrogens with zero attached hydrogens (tertiary/aromatic N) is 2. The predicted molar refractivity (Wildman–Crippen MR) is 100 cm³/mol. The van der Waals surface area contributed by atoms with Gasteiger partial charge in [-0.1, -0.05) is 12.1 Å². The largest absolute Gasteiger partial charge is 0.336 e. The van der Waals surface area contributed by atoms with Gasteiger partial charge >= 0.3 is 0 Å². The lowest BCUT2D eigenvalue weighted by Gasteiger charge is -2.40. The van der Waals surface area contributed by atoms with Gasteiger partial charge < -0.3 is 4.90 Å². The van der Waals surface area contributed by atoms with Gasteiger partial charge in [0.1, 0.15) is 0 Å². The zero-order chi connectivity index (χ0) is 18.8. The maximum Gasteiger partial charge on any atom is 0.237 e. The van der Waals surface area contributed by atoms with Gasteiger partial charge in [-0.3, -0.25) is 9.69 Å². The van der Waals surface area contributed by atoms with Crippen molar-refractivity contribution in [3.05, 3.63) is 29.8 Å². The fourth-order valence-corrected chi connectivity index (χ4v) is 4.22. The van der Waals surface area contributed by atoms with E-state index in [1.54, 1.807) is 12.1 Å². The summed E-state index contributed by atoms with van der Waals surface area (Å²) in [6.07, 6.45) is 4.53. The van der Waals surface area contributed by atoms with E-state index in [0.717, 1.165) is 18.4 Å². The second-order valence-corrected chi connectivity index (χ2v) is 9.38. The van der Waals surface area contributed by atoms with Crippen LogP contribution in [0.1, 0.15) is 51.6 Å². The standard InChI is InChI=1S/C19H30N2O3S/c1-14-7-6-8-15(2)21(14)19(22)13-20(4)16(3)17-9-11-18(12-10-17)25(5,23)24/h9-12,14-16H,6-8,13H2,1-5H3. The van der Waals surface area contributed by atoms with Crippen LogP contribution in [0.15, 0.2) is 29.2 Å². The zero-order valence-electron chi connectivity index (χ0n) is 15.9. The highest BCUT2D eigenvalue weighted by Gasteiger charge is 2.30. The number of hydrogen-bond acceptors (Lipinski definition) is 4. The van der Waals surface area contributed by atoms with Crippen molar-refractivity contribution in [2.24, 2.45) is 0 Å². The Labute approximate surface area is 151 Å². The number of sulfone groups is 1. The van der Waals surface area contributed by atoms with Gasteiger partial charge in [-0.15, -0.1) is 0 Å². The number of carbonyl (C=O) groups excluding carboxylic acids is 1. The molecule has 0 N–H and O–H groups in total. The van der Waals surface area contributed by atoms with Crippen molar-refractivity contribution in [3.63, 3.8) is 0 Å². The molecule has 3 atom stereocenters. The summed E-state index contributed by atoms with van der Waals surface area (Å²) in [5, 5.41) is 0. The Morgan fingerprint density at radius 3 is 2.20 bits per heavy atom. The third kappa shape index (κ3) is 4.82. The van der Waals surface area contributed by atoms with Crippen LogP contribution in [0.3, 0.4) is 0 Å². The number of amides is 1. The van der Waals surface area contributed by atoms with E-state index in [2.05, 4.69) is 13.8 Å². The first-order chi connectivity index (χ1) is 11.6. The molecule has 6 heteroatoms. The number of hydrogen-bond donors (Lipinski definition) is 0. The summed E-state index contributed by atoms with van der Waals surface area (Å²) < 4.78 is 23.1. The molecule has 0 bridgehead atoms. The molecule has 0 saturated carbocycles. The Bertz CT molecular complexity index is 690. The number of piperidine rings is 1. The second-order valence-electron chi connectivity index (χ2n) is 7.36. The molecule has 0 aliphatic carbocycles. The van der Waals surface area contributed by atoms with E-state index in [-0.39, 0.29) is 11.9 Å². The van der Waals surface area contributed by atoms with E-state index in [1.165, 1.54) is 12.7 Å². The highest BCUT2D eigenvalue weighted by atomic mass is 32.2. The Balaban J connectivity index is 2.04.